The SMILES string of the molecule is CCOC(=O)/C=C1\SCC(=O)N1CC(=O)NCCc1ccccc1. The van der Waals surface area contributed by atoms with Crippen LogP contribution in [0.3, 0.4) is 0 Å². The van der Waals surface area contributed by atoms with E-state index in [4.69, 9.17) is 4.74 Å². The molecule has 1 aliphatic rings. The van der Waals surface area contributed by atoms with Gasteiger partial charge < -0.3 is 10.1 Å². The van der Waals surface area contributed by atoms with Crippen molar-refractivity contribution in [3.63, 3.8) is 0 Å². The number of hydrogen-bond acceptors (Lipinski definition) is 5. The zero-order valence-corrected chi connectivity index (χ0v) is 14.3. The number of carbonyl (C=O) groups excluding carboxylic acids is 3. The third-order valence-corrected chi connectivity index (χ3v) is 4.34. The Morgan fingerprint density at radius 3 is 2.79 bits per heavy atom. The normalized spacial score (nSPS) is 15.6. The minimum Gasteiger partial charge on any atom is -0.463 e. The number of esters is 1. The summed E-state index contributed by atoms with van der Waals surface area (Å²) in [5.41, 5.74) is 1.13. The molecule has 2 amide bonds. The third kappa shape index (κ3) is 5.42. The molecule has 1 N–H and O–H groups in total. The van der Waals surface area contributed by atoms with Crippen LogP contribution < -0.4 is 5.32 Å². The molecule has 1 aromatic rings. The monoisotopic (exact) mass is 348 g/mol. The van der Waals surface area contributed by atoms with Crippen LogP contribution >= 0.6 is 11.8 Å². The molecule has 6 nitrogen and oxygen atoms in total. The second-order valence-corrected chi connectivity index (χ2v) is 6.08. The molecule has 0 aromatic heterocycles. The number of nitrogens with one attached hydrogen (secondary N) is 1. The second kappa shape index (κ2) is 9.12. The Morgan fingerprint density at radius 1 is 1.33 bits per heavy atom. The third-order valence-electron chi connectivity index (χ3n) is 3.32. The van der Waals surface area contributed by atoms with Gasteiger partial charge in [-0.15, -0.1) is 0 Å². The number of rotatable bonds is 7. The van der Waals surface area contributed by atoms with Crippen molar-refractivity contribution in [1.29, 1.82) is 0 Å². The highest BCUT2D eigenvalue weighted by Gasteiger charge is 2.29. The Hall–Kier alpha value is -2.28. The fraction of sp³-hybridized carbons (Fsp3) is 0.353. The predicted molar refractivity (Wildman–Crippen MR) is 92.0 cm³/mol. The van der Waals surface area contributed by atoms with Gasteiger partial charge in [0, 0.05) is 6.54 Å². The van der Waals surface area contributed by atoms with Crippen molar-refractivity contribution in [2.24, 2.45) is 0 Å². The lowest BCUT2D eigenvalue weighted by molar-refractivity contribution is -0.137. The Balaban J connectivity index is 1.84. The fourth-order valence-corrected chi connectivity index (χ4v) is 3.10. The highest BCUT2D eigenvalue weighted by atomic mass is 32.2. The van der Waals surface area contributed by atoms with Crippen LogP contribution in [0.25, 0.3) is 0 Å². The molecule has 0 atom stereocenters. The molecule has 1 heterocycles. The summed E-state index contributed by atoms with van der Waals surface area (Å²) in [6, 6.07) is 9.82. The van der Waals surface area contributed by atoms with Gasteiger partial charge >= 0.3 is 5.97 Å². The van der Waals surface area contributed by atoms with Gasteiger partial charge in [-0.2, -0.15) is 0 Å². The summed E-state index contributed by atoms with van der Waals surface area (Å²) in [5, 5.41) is 3.25. The molecule has 0 saturated carbocycles. The van der Waals surface area contributed by atoms with Gasteiger partial charge in [-0.1, -0.05) is 42.1 Å². The first-order valence-corrected chi connectivity index (χ1v) is 8.71. The van der Waals surface area contributed by atoms with Crippen LogP contribution in [0.15, 0.2) is 41.4 Å². The van der Waals surface area contributed by atoms with Crippen LogP contribution in [-0.4, -0.2) is 48.1 Å². The van der Waals surface area contributed by atoms with Gasteiger partial charge in [-0.25, -0.2) is 4.79 Å². The molecule has 24 heavy (non-hydrogen) atoms. The van der Waals surface area contributed by atoms with E-state index >= 15 is 0 Å². The molecule has 2 rings (SSSR count). The van der Waals surface area contributed by atoms with Crippen LogP contribution in [-0.2, 0) is 25.5 Å². The Morgan fingerprint density at radius 2 is 2.08 bits per heavy atom. The molecule has 0 bridgehead atoms. The molecule has 7 heteroatoms. The van der Waals surface area contributed by atoms with Crippen molar-refractivity contribution in [3.8, 4) is 0 Å². The summed E-state index contributed by atoms with van der Waals surface area (Å²) in [5.74, 6) is -0.725. The van der Waals surface area contributed by atoms with E-state index in [1.165, 1.54) is 22.7 Å². The highest BCUT2D eigenvalue weighted by molar-refractivity contribution is 8.04. The second-order valence-electron chi connectivity index (χ2n) is 5.09. The minimum absolute atomic E-state index is 0.0914. The molecule has 1 aliphatic heterocycles. The molecule has 0 unspecified atom stereocenters. The van der Waals surface area contributed by atoms with Gasteiger partial charge in [0.25, 0.3) is 0 Å². The number of thioether (sulfide) groups is 1. The van der Waals surface area contributed by atoms with E-state index in [0.717, 1.165) is 12.0 Å². The van der Waals surface area contributed by atoms with Crippen molar-refractivity contribution in [3.05, 3.63) is 47.0 Å². The van der Waals surface area contributed by atoms with E-state index in [-0.39, 0.29) is 30.7 Å². The quantitative estimate of drug-likeness (QED) is 0.594. The highest BCUT2D eigenvalue weighted by Crippen LogP contribution is 2.28. The molecule has 1 aromatic carbocycles. The van der Waals surface area contributed by atoms with Crippen LogP contribution in [0.2, 0.25) is 0 Å². The van der Waals surface area contributed by atoms with Crippen molar-refractivity contribution >= 4 is 29.5 Å². The molecule has 128 valence electrons. The van der Waals surface area contributed by atoms with Gasteiger partial charge in [0.15, 0.2) is 0 Å². The largest absolute Gasteiger partial charge is 0.463 e. The Labute approximate surface area is 145 Å². The summed E-state index contributed by atoms with van der Waals surface area (Å²) in [6.45, 7) is 2.38. The van der Waals surface area contributed by atoms with Crippen LogP contribution in [0.1, 0.15) is 12.5 Å². The lowest BCUT2D eigenvalue weighted by atomic mass is 10.1. The Kier molecular flexibility index (Phi) is 6.87. The molecule has 0 aliphatic carbocycles. The zero-order valence-electron chi connectivity index (χ0n) is 13.5. The van der Waals surface area contributed by atoms with E-state index in [9.17, 15) is 14.4 Å². The molecular weight excluding hydrogens is 328 g/mol. The maximum atomic E-state index is 12.0. The standard InChI is InChI=1S/C17H20N2O4S/c1-2-23-17(22)10-16-19(15(21)12-24-16)11-14(20)18-9-8-13-6-4-3-5-7-13/h3-7,10H,2,8-9,11-12H2,1H3,(H,18,20)/b16-10-. The lowest BCUT2D eigenvalue weighted by Gasteiger charge is -2.16. The summed E-state index contributed by atoms with van der Waals surface area (Å²) in [6.07, 6.45) is 1.98. The van der Waals surface area contributed by atoms with Crippen molar-refractivity contribution < 1.29 is 19.1 Å². The number of hydrogen-bond donors (Lipinski definition) is 1. The molecule has 0 radical (unpaired) electrons. The first-order valence-electron chi connectivity index (χ1n) is 7.72. The maximum Gasteiger partial charge on any atom is 0.333 e. The molecule has 1 saturated heterocycles. The van der Waals surface area contributed by atoms with E-state index in [1.54, 1.807) is 6.92 Å². The van der Waals surface area contributed by atoms with E-state index in [2.05, 4.69) is 5.32 Å². The summed E-state index contributed by atoms with van der Waals surface area (Å²) in [4.78, 5) is 36.8. The Bertz CT molecular complexity index is 631. The minimum atomic E-state index is -0.510. The van der Waals surface area contributed by atoms with Crippen molar-refractivity contribution in [1.82, 2.24) is 10.2 Å². The van der Waals surface area contributed by atoms with Crippen molar-refractivity contribution in [2.45, 2.75) is 13.3 Å². The maximum absolute atomic E-state index is 12.0. The number of nitrogens with zero attached hydrogens (tertiary/aromatic N) is 1. The molecular formula is C17H20N2O4S. The topological polar surface area (TPSA) is 75.7 Å². The van der Waals surface area contributed by atoms with Crippen molar-refractivity contribution in [2.75, 3.05) is 25.4 Å². The number of benzene rings is 1. The fourth-order valence-electron chi connectivity index (χ4n) is 2.18. The summed E-state index contributed by atoms with van der Waals surface area (Å²) in [7, 11) is 0. The summed E-state index contributed by atoms with van der Waals surface area (Å²) < 4.78 is 4.84. The molecule has 0 spiro atoms. The smallest absolute Gasteiger partial charge is 0.333 e. The van der Waals surface area contributed by atoms with E-state index in [1.807, 2.05) is 30.3 Å². The number of carbonyl (C=O) groups is 3. The first kappa shape index (κ1) is 18.1. The van der Waals surface area contributed by atoms with E-state index < -0.39 is 5.97 Å². The van der Waals surface area contributed by atoms with Gasteiger partial charge in [-0.3, -0.25) is 14.5 Å². The number of amides is 2. The number of ether oxygens (including phenoxy) is 1. The van der Waals surface area contributed by atoms with Crippen LogP contribution in [0, 0.1) is 0 Å². The van der Waals surface area contributed by atoms with Crippen LogP contribution in [0.4, 0.5) is 0 Å². The van der Waals surface area contributed by atoms with Gasteiger partial charge in [0.2, 0.25) is 11.8 Å². The lowest BCUT2D eigenvalue weighted by Crippen LogP contribution is -2.38. The van der Waals surface area contributed by atoms with Crippen LogP contribution in [0.5, 0.6) is 0 Å². The average molecular weight is 348 g/mol. The average Bonchev–Trinajstić information content (AvgIpc) is 2.89. The summed E-state index contributed by atoms with van der Waals surface area (Å²) >= 11 is 1.23. The predicted octanol–water partition coefficient (Wildman–Crippen LogP) is 1.33. The van der Waals surface area contributed by atoms with Gasteiger partial charge in [0.1, 0.15) is 6.54 Å². The zero-order chi connectivity index (χ0) is 17.4. The van der Waals surface area contributed by atoms with Gasteiger partial charge in [-0.05, 0) is 18.9 Å². The van der Waals surface area contributed by atoms with E-state index in [0.29, 0.717) is 11.6 Å². The molecule has 1 fully saturated rings. The first-order chi connectivity index (χ1) is 11.6. The van der Waals surface area contributed by atoms with Gasteiger partial charge in [0.05, 0.1) is 23.5 Å².